The van der Waals surface area contributed by atoms with Gasteiger partial charge in [0.15, 0.2) is 17.8 Å². The van der Waals surface area contributed by atoms with E-state index < -0.39 is 29.6 Å². The number of carbonyl (C=O) groups excluding carboxylic acids is 1. The second kappa shape index (κ2) is 14.9. The zero-order valence-corrected chi connectivity index (χ0v) is 26.8. The minimum Gasteiger partial charge on any atom is -0.493 e. The Bertz CT molecular complexity index is 1090. The van der Waals surface area contributed by atoms with Gasteiger partial charge in [-0.05, 0) is 64.0 Å². The van der Waals surface area contributed by atoms with Gasteiger partial charge >= 0.3 is 5.97 Å². The van der Waals surface area contributed by atoms with Crippen molar-refractivity contribution in [3.05, 3.63) is 17.7 Å². The summed E-state index contributed by atoms with van der Waals surface area (Å²) in [6.45, 7) is 10.3. The highest BCUT2D eigenvalue weighted by molar-refractivity contribution is 5.79. The molecular weight excluding hydrogens is 554 g/mol. The molecule has 2 fully saturated rings. The van der Waals surface area contributed by atoms with E-state index in [2.05, 4.69) is 44.7 Å². The Balaban J connectivity index is 1.62. The predicted molar refractivity (Wildman–Crippen MR) is 162 cm³/mol. The maximum atomic E-state index is 13.9. The Hall–Kier alpha value is -2.60. The molecule has 11 heteroatoms. The monoisotopic (exact) mass is 605 g/mol. The summed E-state index contributed by atoms with van der Waals surface area (Å²) < 4.78 is 28.6. The first-order valence-corrected chi connectivity index (χ1v) is 15.7. The van der Waals surface area contributed by atoms with E-state index in [0.717, 1.165) is 37.8 Å². The Morgan fingerprint density at radius 2 is 1.77 bits per heavy atom. The second-order valence-electron chi connectivity index (χ2n) is 12.9. The van der Waals surface area contributed by atoms with Crippen molar-refractivity contribution in [2.24, 2.45) is 11.3 Å². The summed E-state index contributed by atoms with van der Waals surface area (Å²) in [5, 5.41) is 10.7. The quantitative estimate of drug-likeness (QED) is 0.281. The highest BCUT2D eigenvalue weighted by Crippen LogP contribution is 2.48. The summed E-state index contributed by atoms with van der Waals surface area (Å²) in [7, 11) is 5.68. The fourth-order valence-corrected chi connectivity index (χ4v) is 6.61. The van der Waals surface area contributed by atoms with Crippen molar-refractivity contribution in [2.75, 3.05) is 73.9 Å². The van der Waals surface area contributed by atoms with Crippen LogP contribution in [0.5, 0.6) is 17.2 Å². The lowest BCUT2D eigenvalue weighted by atomic mass is 9.77. The number of unbranched alkanes of at least 4 members (excludes halogenated alkanes) is 2. The van der Waals surface area contributed by atoms with Gasteiger partial charge in [-0.1, -0.05) is 27.2 Å². The van der Waals surface area contributed by atoms with E-state index in [-0.39, 0.29) is 25.2 Å². The van der Waals surface area contributed by atoms with Crippen LogP contribution >= 0.6 is 0 Å². The molecule has 242 valence electrons. The molecule has 1 unspecified atom stereocenters. The molecule has 0 saturated carbocycles. The Kier molecular flexibility index (Phi) is 11.6. The van der Waals surface area contributed by atoms with Gasteiger partial charge in [-0.15, -0.1) is 0 Å². The third-order valence-corrected chi connectivity index (χ3v) is 8.89. The zero-order valence-electron chi connectivity index (χ0n) is 26.8. The van der Waals surface area contributed by atoms with Crippen LogP contribution in [0.3, 0.4) is 0 Å². The minimum absolute atomic E-state index is 0.0440. The zero-order chi connectivity index (χ0) is 31.1. The summed E-state index contributed by atoms with van der Waals surface area (Å²) in [4.78, 5) is 33.2. The first kappa shape index (κ1) is 33.3. The molecule has 4 rings (SSSR count). The number of hydrogen-bond acceptors (Lipinski definition) is 9. The van der Waals surface area contributed by atoms with Crippen LogP contribution in [0.2, 0.25) is 0 Å². The molecule has 0 aliphatic carbocycles. The molecule has 3 aliphatic heterocycles. The second-order valence-corrected chi connectivity index (χ2v) is 12.9. The molecule has 43 heavy (non-hydrogen) atoms. The number of carboxylic acids is 1. The molecular formula is C32H51N3O8. The number of amides is 1. The lowest BCUT2D eigenvalue weighted by Crippen LogP contribution is -2.47. The lowest BCUT2D eigenvalue weighted by molar-refractivity contribution is -0.148. The van der Waals surface area contributed by atoms with E-state index in [1.165, 1.54) is 0 Å². The molecule has 0 spiro atoms. The average molecular weight is 606 g/mol. The van der Waals surface area contributed by atoms with E-state index in [1.54, 1.807) is 7.11 Å². The highest BCUT2D eigenvalue weighted by atomic mass is 16.7. The van der Waals surface area contributed by atoms with Crippen molar-refractivity contribution in [3.63, 3.8) is 0 Å². The molecule has 0 aromatic heterocycles. The summed E-state index contributed by atoms with van der Waals surface area (Å²) in [5.41, 5.74) is 0.331. The fourth-order valence-electron chi connectivity index (χ4n) is 6.61. The van der Waals surface area contributed by atoms with Crippen molar-refractivity contribution in [2.45, 2.75) is 71.1 Å². The highest BCUT2D eigenvalue weighted by Gasteiger charge is 2.51. The minimum atomic E-state index is -0.892. The SMILES string of the molecule is CCCCN(CCCCN(C)C)C(=O)CN1CC(c2cc(OC)c3c(c2)OCO3)[C@H](C(=O)O)[C@H]1CC(C)(C)C1OCCO1. The number of carbonyl (C=O) groups is 2. The molecule has 1 amide bonds. The predicted octanol–water partition coefficient (Wildman–Crippen LogP) is 3.65. The number of hydrogen-bond donors (Lipinski definition) is 1. The normalized spacial score (nSPS) is 22.4. The van der Waals surface area contributed by atoms with Crippen molar-refractivity contribution < 1.29 is 38.4 Å². The summed E-state index contributed by atoms with van der Waals surface area (Å²) in [6, 6.07) is 3.30. The first-order valence-electron chi connectivity index (χ1n) is 15.7. The summed E-state index contributed by atoms with van der Waals surface area (Å²) in [5.74, 6) is -0.415. The topological polar surface area (TPSA) is 110 Å². The molecule has 1 aromatic carbocycles. The third kappa shape index (κ3) is 8.12. The number of aliphatic carboxylic acids is 1. The van der Waals surface area contributed by atoms with E-state index in [9.17, 15) is 14.7 Å². The number of ether oxygens (including phenoxy) is 5. The van der Waals surface area contributed by atoms with Crippen molar-refractivity contribution in [3.8, 4) is 17.2 Å². The van der Waals surface area contributed by atoms with Gasteiger partial charge in [0.1, 0.15) is 0 Å². The molecule has 3 atom stereocenters. The molecule has 3 aliphatic rings. The number of methoxy groups -OCH3 is 1. The molecule has 0 bridgehead atoms. The van der Waals surface area contributed by atoms with Crippen LogP contribution in [0.25, 0.3) is 0 Å². The Labute approximate surface area is 256 Å². The van der Waals surface area contributed by atoms with Gasteiger partial charge in [0.2, 0.25) is 18.4 Å². The molecule has 1 N–H and O–H groups in total. The van der Waals surface area contributed by atoms with E-state index in [4.69, 9.17) is 23.7 Å². The standard InChI is InChI=1S/C32H51N3O8/c1-7-8-12-34(13-10-9-11-33(4)5)27(36)20-35-19-23(22-16-25(39-6)29-26(17-22)42-21-43-29)28(30(37)38)24(35)18-32(2,3)31-40-14-15-41-31/h16-17,23-24,28,31H,7-15,18-21H2,1-6H3,(H,37,38)/t23?,24-,28+/m1/s1. The van der Waals surface area contributed by atoms with Crippen LogP contribution in [0, 0.1) is 11.3 Å². The number of fused-ring (bicyclic) bond motifs is 1. The van der Waals surface area contributed by atoms with Crippen LogP contribution in [0.4, 0.5) is 0 Å². The van der Waals surface area contributed by atoms with E-state index in [0.29, 0.717) is 56.5 Å². The molecule has 2 saturated heterocycles. The van der Waals surface area contributed by atoms with Crippen LogP contribution in [-0.4, -0.2) is 118 Å². The Morgan fingerprint density at radius 1 is 1.07 bits per heavy atom. The van der Waals surface area contributed by atoms with Gasteiger partial charge in [-0.3, -0.25) is 14.5 Å². The molecule has 1 aromatic rings. The van der Waals surface area contributed by atoms with Gasteiger partial charge in [-0.2, -0.15) is 0 Å². The maximum Gasteiger partial charge on any atom is 0.308 e. The number of benzene rings is 1. The molecule has 3 heterocycles. The van der Waals surface area contributed by atoms with E-state index >= 15 is 0 Å². The van der Waals surface area contributed by atoms with Crippen LogP contribution in [0.15, 0.2) is 12.1 Å². The van der Waals surface area contributed by atoms with Crippen LogP contribution in [0.1, 0.15) is 64.4 Å². The van der Waals surface area contributed by atoms with Gasteiger partial charge in [0.25, 0.3) is 0 Å². The molecule has 0 radical (unpaired) electrons. The van der Waals surface area contributed by atoms with Crippen LogP contribution < -0.4 is 14.2 Å². The summed E-state index contributed by atoms with van der Waals surface area (Å²) >= 11 is 0. The smallest absolute Gasteiger partial charge is 0.308 e. The Morgan fingerprint density at radius 3 is 2.42 bits per heavy atom. The van der Waals surface area contributed by atoms with Crippen molar-refractivity contribution in [1.82, 2.24) is 14.7 Å². The third-order valence-electron chi connectivity index (χ3n) is 8.89. The molecule has 11 nitrogen and oxygen atoms in total. The fraction of sp³-hybridized carbons (Fsp3) is 0.750. The van der Waals surface area contributed by atoms with Crippen LogP contribution in [-0.2, 0) is 19.1 Å². The maximum absolute atomic E-state index is 13.9. The van der Waals surface area contributed by atoms with Gasteiger partial charge in [-0.25, -0.2) is 0 Å². The largest absolute Gasteiger partial charge is 0.493 e. The van der Waals surface area contributed by atoms with Gasteiger partial charge in [0.05, 0.1) is 32.8 Å². The van der Waals surface area contributed by atoms with E-state index in [1.807, 2.05) is 17.0 Å². The van der Waals surface area contributed by atoms with Crippen molar-refractivity contribution >= 4 is 11.9 Å². The van der Waals surface area contributed by atoms with Crippen molar-refractivity contribution in [1.29, 1.82) is 0 Å². The number of likely N-dealkylation sites (tertiary alicyclic amines) is 1. The average Bonchev–Trinajstić information content (AvgIpc) is 3.73. The first-order chi connectivity index (χ1) is 20.6. The van der Waals surface area contributed by atoms with Gasteiger partial charge in [0, 0.05) is 37.0 Å². The van der Waals surface area contributed by atoms with Gasteiger partial charge < -0.3 is 38.6 Å². The number of rotatable bonds is 16. The number of nitrogens with zero attached hydrogens (tertiary/aromatic N) is 3. The lowest BCUT2D eigenvalue weighted by Gasteiger charge is -2.37. The summed E-state index contributed by atoms with van der Waals surface area (Å²) in [6.07, 6.45) is 3.94. The number of carboxylic acid groups (broad SMARTS) is 1.